The second-order valence-electron chi connectivity index (χ2n) is 7.22. The van der Waals surface area contributed by atoms with Crippen LogP contribution in [-0.4, -0.2) is 28.5 Å². The molecule has 2 aromatic carbocycles. The van der Waals surface area contributed by atoms with Crippen LogP contribution < -0.4 is 10.5 Å². The van der Waals surface area contributed by atoms with Crippen molar-refractivity contribution in [3.8, 4) is 16.9 Å². The zero-order chi connectivity index (χ0) is 19.3. The highest BCUT2D eigenvalue weighted by Crippen LogP contribution is 2.36. The molecule has 0 radical (unpaired) electrons. The second kappa shape index (κ2) is 8.40. The Balaban J connectivity index is 1.66. The van der Waals surface area contributed by atoms with Gasteiger partial charge in [0.2, 0.25) is 5.95 Å². The van der Waals surface area contributed by atoms with E-state index >= 15 is 0 Å². The molecule has 0 bridgehead atoms. The van der Waals surface area contributed by atoms with Crippen LogP contribution in [0, 0.1) is 0 Å². The third kappa shape index (κ3) is 3.99. The fourth-order valence-corrected chi connectivity index (χ4v) is 3.96. The van der Waals surface area contributed by atoms with Crippen molar-refractivity contribution in [2.75, 3.05) is 19.4 Å². The van der Waals surface area contributed by atoms with Crippen LogP contribution in [0.3, 0.4) is 0 Å². The molecule has 1 aliphatic rings. The summed E-state index contributed by atoms with van der Waals surface area (Å²) in [6.45, 7) is 1.93. The van der Waals surface area contributed by atoms with E-state index in [1.807, 2.05) is 36.5 Å². The van der Waals surface area contributed by atoms with Crippen molar-refractivity contribution in [1.82, 2.24) is 14.9 Å². The van der Waals surface area contributed by atoms with Gasteiger partial charge in [0.15, 0.2) is 0 Å². The lowest BCUT2D eigenvalue weighted by molar-refractivity contribution is 0.137. The summed E-state index contributed by atoms with van der Waals surface area (Å²) in [6, 6.07) is 18.9. The molecule has 5 heteroatoms. The minimum Gasteiger partial charge on any atom is -0.497 e. The molecular formula is C23H26N4O. The Bertz CT molecular complexity index is 912. The van der Waals surface area contributed by atoms with Crippen molar-refractivity contribution in [1.29, 1.82) is 0 Å². The van der Waals surface area contributed by atoms with E-state index in [0.29, 0.717) is 5.95 Å². The molecule has 2 heterocycles. The fourth-order valence-electron chi connectivity index (χ4n) is 3.96. The summed E-state index contributed by atoms with van der Waals surface area (Å²) in [5.41, 5.74) is 10.5. The normalized spacial score (nSPS) is 17.4. The molecule has 1 aromatic heterocycles. The van der Waals surface area contributed by atoms with Crippen LogP contribution in [0.25, 0.3) is 11.1 Å². The van der Waals surface area contributed by atoms with Crippen LogP contribution in [0.2, 0.25) is 0 Å². The van der Waals surface area contributed by atoms with E-state index in [1.165, 1.54) is 18.4 Å². The lowest BCUT2D eigenvalue weighted by Crippen LogP contribution is -2.34. The number of benzene rings is 2. The van der Waals surface area contributed by atoms with Gasteiger partial charge in [-0.1, -0.05) is 48.9 Å². The highest BCUT2D eigenvalue weighted by Gasteiger charge is 2.28. The molecule has 4 rings (SSSR count). The molecule has 1 atom stereocenters. The number of aromatic nitrogens is 2. The van der Waals surface area contributed by atoms with Gasteiger partial charge in [-0.3, -0.25) is 4.90 Å². The number of nitrogens with two attached hydrogens (primary N) is 1. The largest absolute Gasteiger partial charge is 0.497 e. The maximum absolute atomic E-state index is 5.99. The van der Waals surface area contributed by atoms with Crippen molar-refractivity contribution >= 4 is 5.95 Å². The molecule has 2 N–H and O–H groups in total. The Morgan fingerprint density at radius 3 is 2.61 bits per heavy atom. The third-order valence-electron chi connectivity index (χ3n) is 5.40. The minimum absolute atomic E-state index is 0.233. The Hall–Kier alpha value is -2.92. The third-order valence-corrected chi connectivity index (χ3v) is 5.40. The van der Waals surface area contributed by atoms with Gasteiger partial charge < -0.3 is 10.5 Å². The monoisotopic (exact) mass is 374 g/mol. The van der Waals surface area contributed by atoms with Crippen LogP contribution in [0.4, 0.5) is 5.95 Å². The second-order valence-corrected chi connectivity index (χ2v) is 7.22. The first kappa shape index (κ1) is 18.4. The van der Waals surface area contributed by atoms with Crippen LogP contribution in [0.5, 0.6) is 5.75 Å². The summed E-state index contributed by atoms with van der Waals surface area (Å²) < 4.78 is 5.28. The number of piperidine rings is 1. The van der Waals surface area contributed by atoms with Gasteiger partial charge in [0, 0.05) is 18.3 Å². The smallest absolute Gasteiger partial charge is 0.220 e. The van der Waals surface area contributed by atoms with E-state index in [-0.39, 0.29) is 6.04 Å². The number of methoxy groups -OCH3 is 1. The molecule has 0 saturated carbocycles. The first-order valence-electron chi connectivity index (χ1n) is 9.79. The zero-order valence-electron chi connectivity index (χ0n) is 16.2. The van der Waals surface area contributed by atoms with Crippen LogP contribution in [0.15, 0.2) is 60.8 Å². The van der Waals surface area contributed by atoms with Gasteiger partial charge in [-0.2, -0.15) is 0 Å². The molecule has 1 fully saturated rings. The lowest BCUT2D eigenvalue weighted by Gasteiger charge is -2.36. The molecule has 3 aromatic rings. The van der Waals surface area contributed by atoms with Crippen molar-refractivity contribution in [2.24, 2.45) is 0 Å². The summed E-state index contributed by atoms with van der Waals surface area (Å²) >= 11 is 0. The number of ether oxygens (including phenoxy) is 1. The first-order chi connectivity index (χ1) is 13.7. The Morgan fingerprint density at radius 2 is 1.86 bits per heavy atom. The van der Waals surface area contributed by atoms with Gasteiger partial charge in [-0.25, -0.2) is 9.97 Å². The van der Waals surface area contributed by atoms with E-state index in [9.17, 15) is 0 Å². The average molecular weight is 374 g/mol. The highest BCUT2D eigenvalue weighted by molar-refractivity contribution is 5.66. The predicted octanol–water partition coefficient (Wildman–Crippen LogP) is 4.46. The summed E-state index contributed by atoms with van der Waals surface area (Å²) in [5, 5.41) is 0. The standard InChI is InChI=1S/C23H26N4O/c1-28-19-12-10-17(11-13-19)16-27-14-6-5-9-21(27)22-20(15-25-23(24)26-22)18-7-3-2-4-8-18/h2-4,7-8,10-13,15,21H,5-6,9,14,16H2,1H3,(H2,24,25,26)/t21-/m1/s1. The Labute approximate surface area is 166 Å². The van der Waals surface area contributed by atoms with Crippen molar-refractivity contribution in [2.45, 2.75) is 31.8 Å². The van der Waals surface area contributed by atoms with Gasteiger partial charge in [0.05, 0.1) is 18.8 Å². The maximum atomic E-state index is 5.99. The quantitative estimate of drug-likeness (QED) is 0.714. The highest BCUT2D eigenvalue weighted by atomic mass is 16.5. The summed E-state index contributed by atoms with van der Waals surface area (Å²) in [6.07, 6.45) is 5.34. The van der Waals surface area contributed by atoms with Crippen molar-refractivity contribution < 1.29 is 4.74 Å². The van der Waals surface area contributed by atoms with Crippen molar-refractivity contribution in [3.63, 3.8) is 0 Å². The summed E-state index contributed by atoms with van der Waals surface area (Å²) in [4.78, 5) is 11.5. The number of nitrogen functional groups attached to an aromatic ring is 1. The topological polar surface area (TPSA) is 64.3 Å². The first-order valence-corrected chi connectivity index (χ1v) is 9.79. The number of likely N-dealkylation sites (tertiary alicyclic amines) is 1. The zero-order valence-corrected chi connectivity index (χ0v) is 16.2. The SMILES string of the molecule is COc1ccc(CN2CCCC[C@@H]2c2nc(N)ncc2-c2ccccc2)cc1. The van der Waals surface area contributed by atoms with E-state index in [2.05, 4.69) is 34.1 Å². The van der Waals surface area contributed by atoms with E-state index < -0.39 is 0 Å². The molecule has 0 spiro atoms. The van der Waals surface area contributed by atoms with Gasteiger partial charge in [-0.05, 0) is 42.6 Å². The Morgan fingerprint density at radius 1 is 1.07 bits per heavy atom. The van der Waals surface area contributed by atoms with Gasteiger partial charge in [0.25, 0.3) is 0 Å². The number of hydrogen-bond acceptors (Lipinski definition) is 5. The number of nitrogens with zero attached hydrogens (tertiary/aromatic N) is 3. The molecular weight excluding hydrogens is 348 g/mol. The van der Waals surface area contributed by atoms with Crippen LogP contribution in [-0.2, 0) is 6.54 Å². The molecule has 1 aliphatic heterocycles. The number of anilines is 1. The summed E-state index contributed by atoms with van der Waals surface area (Å²) in [5.74, 6) is 1.22. The Kier molecular flexibility index (Phi) is 5.53. The molecule has 0 amide bonds. The van der Waals surface area contributed by atoms with Crippen LogP contribution >= 0.6 is 0 Å². The van der Waals surface area contributed by atoms with E-state index in [4.69, 9.17) is 15.5 Å². The fraction of sp³-hybridized carbons (Fsp3) is 0.304. The number of hydrogen-bond donors (Lipinski definition) is 1. The molecule has 0 unspecified atom stereocenters. The molecule has 28 heavy (non-hydrogen) atoms. The average Bonchev–Trinajstić information content (AvgIpc) is 2.75. The predicted molar refractivity (Wildman–Crippen MR) is 112 cm³/mol. The van der Waals surface area contributed by atoms with E-state index in [0.717, 1.165) is 42.1 Å². The molecule has 0 aliphatic carbocycles. The van der Waals surface area contributed by atoms with Gasteiger partial charge in [0.1, 0.15) is 5.75 Å². The summed E-state index contributed by atoms with van der Waals surface area (Å²) in [7, 11) is 1.69. The van der Waals surface area contributed by atoms with E-state index in [1.54, 1.807) is 7.11 Å². The molecule has 144 valence electrons. The lowest BCUT2D eigenvalue weighted by atomic mass is 9.93. The van der Waals surface area contributed by atoms with Gasteiger partial charge >= 0.3 is 0 Å². The van der Waals surface area contributed by atoms with Crippen molar-refractivity contribution in [3.05, 3.63) is 72.1 Å². The molecule has 1 saturated heterocycles. The maximum Gasteiger partial charge on any atom is 0.220 e. The minimum atomic E-state index is 0.233. The number of rotatable bonds is 5. The van der Waals surface area contributed by atoms with Crippen LogP contribution in [0.1, 0.15) is 36.6 Å². The molecule has 5 nitrogen and oxygen atoms in total. The van der Waals surface area contributed by atoms with Gasteiger partial charge in [-0.15, -0.1) is 0 Å².